The summed E-state index contributed by atoms with van der Waals surface area (Å²) in [7, 11) is 0. The van der Waals surface area contributed by atoms with Gasteiger partial charge in [-0.25, -0.2) is 14.8 Å². The molecule has 1 N–H and O–H groups in total. The summed E-state index contributed by atoms with van der Waals surface area (Å²) in [5.41, 5.74) is 4.74. The average molecular weight is 360 g/mol. The average Bonchev–Trinajstić information content (AvgIpc) is 3.14. The highest BCUT2D eigenvalue weighted by atomic mass is 32.2. The zero-order valence-corrected chi connectivity index (χ0v) is 14.2. The Labute approximate surface area is 145 Å². The molecule has 122 valence electrons. The number of hydrogen-bond donors (Lipinski definition) is 1. The molecule has 0 spiro atoms. The minimum Gasteiger partial charge on any atom is -0.297 e. The number of fused-ring (bicyclic) bond motifs is 2. The molecule has 0 saturated carbocycles. The van der Waals surface area contributed by atoms with Gasteiger partial charge < -0.3 is 0 Å². The lowest BCUT2D eigenvalue weighted by molar-refractivity contribution is -0.120. The fourth-order valence-electron chi connectivity index (χ4n) is 2.56. The van der Waals surface area contributed by atoms with Crippen molar-refractivity contribution in [2.24, 2.45) is 5.10 Å². The highest BCUT2D eigenvalue weighted by Gasteiger charge is 2.17. The molecule has 0 saturated heterocycles. The maximum atomic E-state index is 13.5. The second-order valence-electron chi connectivity index (χ2n) is 5.33. The summed E-state index contributed by atoms with van der Waals surface area (Å²) >= 11 is 3.19. The van der Waals surface area contributed by atoms with Crippen molar-refractivity contribution in [1.29, 1.82) is 0 Å². The Hall–Kier alpha value is -2.19. The molecule has 1 amide bonds. The number of imidazole rings is 1. The van der Waals surface area contributed by atoms with E-state index in [4.69, 9.17) is 0 Å². The third-order valence-corrected chi connectivity index (χ3v) is 5.50. The lowest BCUT2D eigenvalue weighted by Gasteiger charge is -2.17. The van der Waals surface area contributed by atoms with Crippen molar-refractivity contribution < 1.29 is 9.18 Å². The van der Waals surface area contributed by atoms with Crippen molar-refractivity contribution in [2.75, 3.05) is 5.75 Å². The number of aromatic nitrogens is 2. The normalized spacial score (nSPS) is 15.6. The minimum absolute atomic E-state index is 0.163. The van der Waals surface area contributed by atoms with E-state index in [1.54, 1.807) is 17.8 Å². The summed E-state index contributed by atoms with van der Waals surface area (Å²) in [6.45, 7) is 0. The predicted molar refractivity (Wildman–Crippen MR) is 93.2 cm³/mol. The first kappa shape index (κ1) is 15.3. The van der Waals surface area contributed by atoms with Crippen molar-refractivity contribution in [3.63, 3.8) is 0 Å². The van der Waals surface area contributed by atoms with Gasteiger partial charge in [-0.2, -0.15) is 5.10 Å². The topological polar surface area (TPSA) is 58.8 Å². The molecule has 3 aromatic rings. The number of carbonyl (C=O) groups excluding carboxylic acids is 1. The summed E-state index contributed by atoms with van der Waals surface area (Å²) in [6, 6.07) is 4.66. The molecule has 1 aliphatic rings. The first-order valence-corrected chi connectivity index (χ1v) is 9.25. The van der Waals surface area contributed by atoms with Crippen LogP contribution in [0.5, 0.6) is 0 Å². The van der Waals surface area contributed by atoms with E-state index >= 15 is 0 Å². The molecule has 0 bridgehead atoms. The molecule has 8 heteroatoms. The first-order chi connectivity index (χ1) is 11.7. The number of benzene rings is 1. The number of hydrogen-bond acceptors (Lipinski definition) is 5. The molecule has 0 fully saturated rings. The van der Waals surface area contributed by atoms with Crippen molar-refractivity contribution in [1.82, 2.24) is 14.8 Å². The van der Waals surface area contributed by atoms with E-state index in [1.165, 1.54) is 23.5 Å². The van der Waals surface area contributed by atoms with Gasteiger partial charge in [-0.3, -0.25) is 9.20 Å². The van der Waals surface area contributed by atoms with Crippen molar-refractivity contribution in [3.8, 4) is 0 Å². The third kappa shape index (κ3) is 3.07. The van der Waals surface area contributed by atoms with Crippen LogP contribution in [-0.4, -0.2) is 26.8 Å². The molecule has 0 unspecified atom stereocenters. The number of amides is 1. The standard InChI is InChI=1S/C16H13FN4OS2/c17-10-1-2-14-12(7-10)13(3-5-23-14)19-20-15(22)8-11-9-21-4-6-24-16(21)18-11/h1-2,4,6-7,9H,3,5,8H2,(H,20,22)/b19-13+. The van der Waals surface area contributed by atoms with Crippen LogP contribution >= 0.6 is 23.1 Å². The molecule has 0 atom stereocenters. The lowest BCUT2D eigenvalue weighted by atomic mass is 10.1. The molecular formula is C16H13FN4OS2. The summed E-state index contributed by atoms with van der Waals surface area (Å²) < 4.78 is 15.3. The number of carbonyl (C=O) groups is 1. The van der Waals surface area contributed by atoms with Crippen LogP contribution in [0.15, 0.2) is 46.0 Å². The monoisotopic (exact) mass is 360 g/mol. The SMILES string of the molecule is O=C(Cc1cn2ccsc2n1)N/N=C1\CCSc2ccc(F)cc21. The van der Waals surface area contributed by atoms with Gasteiger partial charge >= 0.3 is 0 Å². The Morgan fingerprint density at radius 3 is 3.25 bits per heavy atom. The quantitative estimate of drug-likeness (QED) is 0.730. The van der Waals surface area contributed by atoms with Crippen molar-refractivity contribution >= 4 is 39.7 Å². The van der Waals surface area contributed by atoms with Crippen LogP contribution in [0.4, 0.5) is 4.39 Å². The van der Waals surface area contributed by atoms with Crippen LogP contribution < -0.4 is 5.43 Å². The molecule has 1 aromatic carbocycles. The Bertz CT molecular complexity index is 918. The number of hydrazone groups is 1. The van der Waals surface area contributed by atoms with Crippen molar-refractivity contribution in [3.05, 3.63) is 53.0 Å². The highest BCUT2D eigenvalue weighted by Crippen LogP contribution is 2.30. The zero-order chi connectivity index (χ0) is 16.5. The minimum atomic E-state index is -0.298. The number of nitrogens with one attached hydrogen (secondary N) is 1. The van der Waals surface area contributed by atoms with E-state index in [-0.39, 0.29) is 18.1 Å². The van der Waals surface area contributed by atoms with E-state index in [0.29, 0.717) is 17.8 Å². The van der Waals surface area contributed by atoms with Gasteiger partial charge in [-0.15, -0.1) is 23.1 Å². The maximum Gasteiger partial charge on any atom is 0.246 e. The van der Waals surface area contributed by atoms with Gasteiger partial charge in [-0.1, -0.05) is 0 Å². The van der Waals surface area contributed by atoms with E-state index in [9.17, 15) is 9.18 Å². The van der Waals surface area contributed by atoms with E-state index < -0.39 is 0 Å². The number of nitrogens with zero attached hydrogens (tertiary/aromatic N) is 3. The van der Waals surface area contributed by atoms with Gasteiger partial charge in [-0.05, 0) is 18.2 Å². The van der Waals surface area contributed by atoms with Crippen LogP contribution in [0.25, 0.3) is 4.96 Å². The van der Waals surface area contributed by atoms with Gasteiger partial charge in [0.15, 0.2) is 4.96 Å². The van der Waals surface area contributed by atoms with Gasteiger partial charge in [0.1, 0.15) is 5.82 Å². The third-order valence-electron chi connectivity index (χ3n) is 3.65. The van der Waals surface area contributed by atoms with Crippen LogP contribution in [0.1, 0.15) is 17.7 Å². The summed E-state index contributed by atoms with van der Waals surface area (Å²) in [6.07, 6.45) is 4.60. The van der Waals surface area contributed by atoms with Gasteiger partial charge in [0.05, 0.1) is 17.8 Å². The summed E-state index contributed by atoms with van der Waals surface area (Å²) in [4.78, 5) is 18.3. The van der Waals surface area contributed by atoms with Gasteiger partial charge in [0.2, 0.25) is 5.91 Å². The van der Waals surface area contributed by atoms with E-state index in [2.05, 4.69) is 15.5 Å². The Morgan fingerprint density at radius 1 is 1.46 bits per heavy atom. The van der Waals surface area contributed by atoms with Crippen molar-refractivity contribution in [2.45, 2.75) is 17.7 Å². The predicted octanol–water partition coefficient (Wildman–Crippen LogP) is 3.09. The summed E-state index contributed by atoms with van der Waals surface area (Å²) in [5, 5.41) is 6.15. The fraction of sp³-hybridized carbons (Fsp3) is 0.188. The molecule has 1 aliphatic heterocycles. The molecule has 0 radical (unpaired) electrons. The largest absolute Gasteiger partial charge is 0.297 e. The fourth-order valence-corrected chi connectivity index (χ4v) is 4.29. The molecule has 24 heavy (non-hydrogen) atoms. The molecule has 2 aromatic heterocycles. The first-order valence-electron chi connectivity index (χ1n) is 7.38. The molecule has 4 rings (SSSR count). The van der Waals surface area contributed by atoms with Crippen LogP contribution in [-0.2, 0) is 11.2 Å². The smallest absolute Gasteiger partial charge is 0.246 e. The second kappa shape index (κ2) is 6.37. The molecular weight excluding hydrogens is 347 g/mol. The Morgan fingerprint density at radius 2 is 2.38 bits per heavy atom. The van der Waals surface area contributed by atoms with Crippen LogP contribution in [0, 0.1) is 5.82 Å². The van der Waals surface area contributed by atoms with Crippen LogP contribution in [0.3, 0.4) is 0 Å². The zero-order valence-electron chi connectivity index (χ0n) is 12.5. The summed E-state index contributed by atoms with van der Waals surface area (Å²) in [5.74, 6) is 0.336. The molecule has 5 nitrogen and oxygen atoms in total. The Balaban J connectivity index is 1.48. The van der Waals surface area contributed by atoms with Crippen LogP contribution in [0.2, 0.25) is 0 Å². The number of thiazole rings is 1. The van der Waals surface area contributed by atoms with Gasteiger partial charge in [0.25, 0.3) is 0 Å². The van der Waals surface area contributed by atoms with E-state index in [1.807, 2.05) is 22.2 Å². The number of halogens is 1. The highest BCUT2D eigenvalue weighted by molar-refractivity contribution is 7.99. The lowest BCUT2D eigenvalue weighted by Crippen LogP contribution is -2.23. The maximum absolute atomic E-state index is 13.5. The number of rotatable bonds is 3. The molecule has 0 aliphatic carbocycles. The molecule has 3 heterocycles. The van der Waals surface area contributed by atoms with E-state index in [0.717, 1.165) is 21.2 Å². The number of thioether (sulfide) groups is 1. The van der Waals surface area contributed by atoms with Gasteiger partial charge in [0, 0.05) is 40.4 Å². The second-order valence-corrected chi connectivity index (χ2v) is 7.34. The Kier molecular flexibility index (Phi) is 4.07.